The van der Waals surface area contributed by atoms with Crippen LogP contribution in [-0.2, 0) is 11.0 Å². The Labute approximate surface area is 202 Å². The van der Waals surface area contributed by atoms with Gasteiger partial charge in [-0.05, 0) is 61.4 Å². The largest absolute Gasteiger partial charge is 0.481 e. The van der Waals surface area contributed by atoms with Crippen LogP contribution < -0.4 is 5.32 Å². The summed E-state index contributed by atoms with van der Waals surface area (Å²) < 4.78 is 53.7. The molecule has 184 valence electrons. The van der Waals surface area contributed by atoms with Gasteiger partial charge < -0.3 is 10.4 Å². The molecule has 0 unspecified atom stereocenters. The zero-order valence-corrected chi connectivity index (χ0v) is 19.3. The van der Waals surface area contributed by atoms with E-state index in [-0.39, 0.29) is 18.0 Å². The number of nitrogens with zero attached hydrogens (tertiary/aromatic N) is 1. The van der Waals surface area contributed by atoms with Crippen molar-refractivity contribution in [1.29, 1.82) is 0 Å². The Kier molecular flexibility index (Phi) is 7.20. The third-order valence-corrected chi connectivity index (χ3v) is 7.37. The Balaban J connectivity index is 1.42. The van der Waals surface area contributed by atoms with Crippen molar-refractivity contribution in [3.05, 3.63) is 70.6 Å². The Hall–Kier alpha value is -3.27. The van der Waals surface area contributed by atoms with Crippen molar-refractivity contribution in [3.8, 4) is 10.4 Å². The first-order valence-corrected chi connectivity index (χ1v) is 11.9. The first-order chi connectivity index (χ1) is 16.6. The summed E-state index contributed by atoms with van der Waals surface area (Å²) >= 11 is 1.54. The number of thiazole rings is 1. The highest BCUT2D eigenvalue weighted by Gasteiger charge is 2.36. The molecule has 35 heavy (non-hydrogen) atoms. The van der Waals surface area contributed by atoms with E-state index in [0.717, 1.165) is 53.3 Å². The Morgan fingerprint density at radius 1 is 1.06 bits per heavy atom. The molecule has 0 spiro atoms. The van der Waals surface area contributed by atoms with Crippen LogP contribution in [-0.4, -0.2) is 22.0 Å². The van der Waals surface area contributed by atoms with Gasteiger partial charge in [0, 0.05) is 24.2 Å². The van der Waals surface area contributed by atoms with E-state index in [1.807, 2.05) is 0 Å². The summed E-state index contributed by atoms with van der Waals surface area (Å²) in [5, 5.41) is 12.3. The van der Waals surface area contributed by atoms with E-state index in [1.54, 1.807) is 29.7 Å². The highest BCUT2D eigenvalue weighted by Crippen LogP contribution is 2.40. The second-order valence-electron chi connectivity index (χ2n) is 8.57. The molecule has 1 amide bonds. The lowest BCUT2D eigenvalue weighted by molar-refractivity contribution is -0.139. The van der Waals surface area contributed by atoms with Gasteiger partial charge >= 0.3 is 12.1 Å². The second kappa shape index (κ2) is 10.2. The van der Waals surface area contributed by atoms with Gasteiger partial charge in [-0.1, -0.05) is 18.2 Å². The molecule has 10 heteroatoms. The quantitative estimate of drug-likeness (QED) is 0.354. The number of hydrogen-bond donors (Lipinski definition) is 2. The zero-order chi connectivity index (χ0) is 25.2. The van der Waals surface area contributed by atoms with E-state index in [2.05, 4.69) is 10.3 Å². The fraction of sp³-hybridized carbons (Fsp3) is 0.320. The minimum Gasteiger partial charge on any atom is -0.481 e. The van der Waals surface area contributed by atoms with Crippen molar-refractivity contribution < 1.29 is 32.3 Å². The molecular formula is C25H22F4N2O3S. The highest BCUT2D eigenvalue weighted by molar-refractivity contribution is 7.15. The Morgan fingerprint density at radius 2 is 1.74 bits per heavy atom. The average molecular weight is 507 g/mol. The molecule has 5 nitrogen and oxygen atoms in total. The van der Waals surface area contributed by atoms with Crippen molar-refractivity contribution in [1.82, 2.24) is 4.98 Å². The minimum atomic E-state index is -4.86. The summed E-state index contributed by atoms with van der Waals surface area (Å²) in [5.74, 6) is -2.69. The monoisotopic (exact) mass is 506 g/mol. The fourth-order valence-electron chi connectivity index (χ4n) is 4.37. The van der Waals surface area contributed by atoms with E-state index in [9.17, 15) is 27.2 Å². The van der Waals surface area contributed by atoms with Crippen molar-refractivity contribution in [2.24, 2.45) is 5.92 Å². The molecule has 4 rings (SSSR count). The molecule has 1 aliphatic carbocycles. The maximum absolute atomic E-state index is 14.1. The maximum atomic E-state index is 14.1. The third kappa shape index (κ3) is 5.87. The van der Waals surface area contributed by atoms with Crippen molar-refractivity contribution in [3.63, 3.8) is 0 Å². The van der Waals surface area contributed by atoms with Gasteiger partial charge in [-0.3, -0.25) is 9.59 Å². The molecule has 1 saturated carbocycles. The van der Waals surface area contributed by atoms with E-state index < -0.39 is 35.0 Å². The average Bonchev–Trinajstić information content (AvgIpc) is 3.29. The van der Waals surface area contributed by atoms with Gasteiger partial charge in [-0.15, -0.1) is 11.3 Å². The zero-order valence-electron chi connectivity index (χ0n) is 18.4. The molecule has 1 fully saturated rings. The number of hydrogen-bond acceptors (Lipinski definition) is 4. The van der Waals surface area contributed by atoms with Crippen molar-refractivity contribution in [2.45, 2.75) is 44.2 Å². The van der Waals surface area contributed by atoms with Crippen LogP contribution in [0.25, 0.3) is 10.4 Å². The van der Waals surface area contributed by atoms with Gasteiger partial charge in [0.15, 0.2) is 0 Å². The fourth-order valence-corrected chi connectivity index (χ4v) is 5.47. The number of carboxylic acid groups (broad SMARTS) is 1. The molecular weight excluding hydrogens is 484 g/mol. The summed E-state index contributed by atoms with van der Waals surface area (Å²) in [6.45, 7) is 0. The summed E-state index contributed by atoms with van der Waals surface area (Å²) in [5.41, 5.74) is -1.32. The smallest absolute Gasteiger partial charge is 0.417 e. The summed E-state index contributed by atoms with van der Waals surface area (Å²) in [6, 6.07) is 8.89. The van der Waals surface area contributed by atoms with Crippen LogP contribution >= 0.6 is 11.3 Å². The highest BCUT2D eigenvalue weighted by atomic mass is 32.1. The lowest BCUT2D eigenvalue weighted by atomic mass is 9.81. The van der Waals surface area contributed by atoms with Crippen LogP contribution in [0.5, 0.6) is 0 Å². The first kappa shape index (κ1) is 24.8. The van der Waals surface area contributed by atoms with Crippen LogP contribution in [0.1, 0.15) is 59.0 Å². The van der Waals surface area contributed by atoms with E-state index >= 15 is 0 Å². The lowest BCUT2D eigenvalue weighted by Crippen LogP contribution is -2.20. The standard InChI is InChI=1S/C25H22F4N2O3S/c26-19-3-1-2-18(25(27,28)29)22(19)23(34)31-17-10-8-15(9-11-17)20-13-30-24(35-20)16-6-4-14(5-7-16)12-21(32)33/h1-3,8-11,13-14,16H,4-7,12H2,(H,31,34)(H,32,33). The number of halogens is 4. The van der Waals surface area contributed by atoms with Gasteiger partial charge in [-0.25, -0.2) is 9.37 Å². The minimum absolute atomic E-state index is 0.202. The van der Waals surface area contributed by atoms with Crippen LogP contribution in [0.2, 0.25) is 0 Å². The molecule has 0 saturated heterocycles. The molecule has 0 radical (unpaired) electrons. The number of aliphatic carboxylic acids is 1. The molecule has 1 aromatic heterocycles. The predicted molar refractivity (Wildman–Crippen MR) is 124 cm³/mol. The van der Waals surface area contributed by atoms with Crippen LogP contribution in [0.3, 0.4) is 0 Å². The number of aromatic nitrogens is 1. The topological polar surface area (TPSA) is 79.3 Å². The van der Waals surface area contributed by atoms with Crippen LogP contribution in [0, 0.1) is 11.7 Å². The summed E-state index contributed by atoms with van der Waals surface area (Å²) in [6.07, 6.45) is 0.603. The molecule has 2 N–H and O–H groups in total. The molecule has 1 aliphatic rings. The van der Waals surface area contributed by atoms with Gasteiger partial charge in [0.2, 0.25) is 0 Å². The van der Waals surface area contributed by atoms with E-state index in [4.69, 9.17) is 5.11 Å². The number of carboxylic acids is 1. The molecule has 3 aromatic rings. The Morgan fingerprint density at radius 3 is 2.37 bits per heavy atom. The van der Waals surface area contributed by atoms with E-state index in [1.165, 1.54) is 12.1 Å². The number of nitrogens with one attached hydrogen (secondary N) is 1. The molecule has 0 bridgehead atoms. The SMILES string of the molecule is O=C(O)CC1CCC(c2ncc(-c3ccc(NC(=O)c4c(F)cccc4C(F)(F)F)cc3)s2)CC1. The molecule has 0 atom stereocenters. The predicted octanol–water partition coefficient (Wildman–Crippen LogP) is 6.97. The first-order valence-electron chi connectivity index (χ1n) is 11.1. The second-order valence-corrected chi connectivity index (χ2v) is 9.63. The molecule has 2 aromatic carbocycles. The Bertz CT molecular complexity index is 1220. The van der Waals surface area contributed by atoms with Crippen molar-refractivity contribution >= 4 is 28.9 Å². The molecule has 1 heterocycles. The maximum Gasteiger partial charge on any atom is 0.417 e. The van der Waals surface area contributed by atoms with E-state index in [0.29, 0.717) is 12.0 Å². The number of carbonyl (C=O) groups is 2. The third-order valence-electron chi connectivity index (χ3n) is 6.16. The number of benzene rings is 2. The number of anilines is 1. The van der Waals surface area contributed by atoms with Gasteiger partial charge in [0.05, 0.1) is 21.0 Å². The normalized spacial score (nSPS) is 18.3. The number of rotatable bonds is 6. The number of carbonyl (C=O) groups excluding carboxylic acids is 1. The van der Waals surface area contributed by atoms with Crippen molar-refractivity contribution in [2.75, 3.05) is 5.32 Å². The number of amides is 1. The van der Waals surface area contributed by atoms with Crippen LogP contribution in [0.15, 0.2) is 48.7 Å². The van der Waals surface area contributed by atoms with Gasteiger partial charge in [-0.2, -0.15) is 13.2 Å². The summed E-state index contributed by atoms with van der Waals surface area (Å²) in [7, 11) is 0. The summed E-state index contributed by atoms with van der Waals surface area (Å²) in [4.78, 5) is 28.8. The van der Waals surface area contributed by atoms with Gasteiger partial charge in [0.1, 0.15) is 5.82 Å². The van der Waals surface area contributed by atoms with Gasteiger partial charge in [0.25, 0.3) is 5.91 Å². The molecule has 0 aliphatic heterocycles. The lowest BCUT2D eigenvalue weighted by Gasteiger charge is -2.26. The number of alkyl halides is 3. The van der Waals surface area contributed by atoms with Crippen LogP contribution in [0.4, 0.5) is 23.2 Å².